The second kappa shape index (κ2) is 8.72. The fourth-order valence-electron chi connectivity index (χ4n) is 2.60. The number of halogens is 3. The largest absolute Gasteiger partial charge is 0.437 e. The normalized spacial score (nSPS) is 10.7. The van der Waals surface area contributed by atoms with Crippen LogP contribution in [0.15, 0.2) is 60.9 Å². The Morgan fingerprint density at radius 2 is 1.52 bits per heavy atom. The van der Waals surface area contributed by atoms with Crippen LogP contribution in [0.1, 0.15) is 0 Å². The number of benzene rings is 1. The monoisotopic (exact) mass is 477 g/mol. The van der Waals surface area contributed by atoms with Crippen molar-refractivity contribution in [3.63, 3.8) is 0 Å². The number of hydrogen-bond donors (Lipinski definition) is 0. The number of fused-ring (bicyclic) bond motifs is 2. The number of hydrogen-bond acceptors (Lipinski definition) is 7. The van der Waals surface area contributed by atoms with Crippen LogP contribution in [0, 0.1) is 10.1 Å². The summed E-state index contributed by atoms with van der Waals surface area (Å²) in [5.41, 5.74) is 1.31. The van der Waals surface area contributed by atoms with Gasteiger partial charge in [0.1, 0.15) is 16.8 Å². The van der Waals surface area contributed by atoms with Gasteiger partial charge in [-0.3, -0.25) is 10.1 Å². The molecule has 0 unspecified atom stereocenters. The summed E-state index contributed by atoms with van der Waals surface area (Å²) in [5.74, 6) is 0.535. The van der Waals surface area contributed by atoms with Crippen LogP contribution in [0.4, 0.5) is 5.69 Å². The smallest absolute Gasteiger partial charge is 0.273 e. The Labute approximate surface area is 188 Å². The second-order valence-electron chi connectivity index (χ2n) is 5.89. The van der Waals surface area contributed by atoms with Crippen molar-refractivity contribution in [2.45, 2.75) is 0 Å². The third kappa shape index (κ3) is 4.66. The maximum Gasteiger partial charge on any atom is 0.273 e. The lowest BCUT2D eigenvalue weighted by molar-refractivity contribution is -0.384. The van der Waals surface area contributed by atoms with Crippen LogP contribution in [-0.2, 0) is 0 Å². The van der Waals surface area contributed by atoms with Crippen LogP contribution in [0.25, 0.3) is 11.0 Å². The average molecular weight is 479 g/mol. The van der Waals surface area contributed by atoms with E-state index < -0.39 is 4.92 Å². The predicted molar refractivity (Wildman–Crippen MR) is 114 cm³/mol. The molecule has 0 aliphatic rings. The summed E-state index contributed by atoms with van der Waals surface area (Å²) in [6.45, 7) is 0. The van der Waals surface area contributed by atoms with E-state index in [4.69, 9.17) is 39.5 Å². The third-order valence-electron chi connectivity index (χ3n) is 3.89. The Bertz CT molecular complexity index is 1400. The highest BCUT2D eigenvalue weighted by molar-refractivity contribution is 6.34. The molecule has 156 valence electrons. The van der Waals surface area contributed by atoms with Crippen molar-refractivity contribution >= 4 is 51.5 Å². The maximum absolute atomic E-state index is 10.7. The van der Waals surface area contributed by atoms with E-state index in [1.165, 1.54) is 22.7 Å². The van der Waals surface area contributed by atoms with Crippen molar-refractivity contribution in [3.8, 4) is 11.6 Å². The Balaban J connectivity index is 0.000000177. The van der Waals surface area contributed by atoms with Crippen molar-refractivity contribution < 1.29 is 9.66 Å². The van der Waals surface area contributed by atoms with Crippen molar-refractivity contribution in [1.82, 2.24) is 29.2 Å². The van der Waals surface area contributed by atoms with Gasteiger partial charge >= 0.3 is 0 Å². The van der Waals surface area contributed by atoms with Crippen LogP contribution in [-0.4, -0.2) is 34.1 Å². The molecule has 0 bridgehead atoms. The lowest BCUT2D eigenvalue weighted by Crippen LogP contribution is -1.98. The molecule has 0 N–H and O–H groups in total. The fourth-order valence-corrected chi connectivity index (χ4v) is 3.20. The molecule has 1 aromatic carbocycles. The first kappa shape index (κ1) is 20.8. The molecule has 0 amide bonds. The van der Waals surface area contributed by atoms with Gasteiger partial charge < -0.3 is 4.74 Å². The topological polar surface area (TPSA) is 113 Å². The van der Waals surface area contributed by atoms with Gasteiger partial charge in [0.15, 0.2) is 5.15 Å². The van der Waals surface area contributed by atoms with Gasteiger partial charge in [0.25, 0.3) is 5.69 Å². The van der Waals surface area contributed by atoms with Crippen LogP contribution in [0.2, 0.25) is 15.7 Å². The van der Waals surface area contributed by atoms with Crippen molar-refractivity contribution in [1.29, 1.82) is 0 Å². The Kier molecular flexibility index (Phi) is 5.85. The summed E-state index contributed by atoms with van der Waals surface area (Å²) in [6.07, 6.45) is 3.46. The maximum atomic E-state index is 10.7. The Morgan fingerprint density at radius 3 is 2.23 bits per heavy atom. The number of ether oxygens (including phenoxy) is 1. The van der Waals surface area contributed by atoms with Gasteiger partial charge in [0.2, 0.25) is 16.4 Å². The van der Waals surface area contributed by atoms with Crippen molar-refractivity contribution in [2.75, 3.05) is 0 Å². The molecule has 5 rings (SSSR count). The number of aromatic nitrogens is 6. The Hall–Kier alpha value is -3.47. The zero-order chi connectivity index (χ0) is 22.0. The summed E-state index contributed by atoms with van der Waals surface area (Å²) in [7, 11) is 0. The van der Waals surface area contributed by atoms with Crippen molar-refractivity contribution in [3.05, 3.63) is 86.8 Å². The van der Waals surface area contributed by atoms with Crippen molar-refractivity contribution in [2.24, 2.45) is 0 Å². The van der Waals surface area contributed by atoms with Crippen LogP contribution in [0.3, 0.4) is 0 Å². The van der Waals surface area contributed by atoms with E-state index in [9.17, 15) is 10.1 Å². The van der Waals surface area contributed by atoms with Gasteiger partial charge in [-0.1, -0.05) is 17.7 Å². The molecule has 4 heterocycles. The lowest BCUT2D eigenvalue weighted by atomic mass is 10.3. The molecule has 0 saturated carbocycles. The van der Waals surface area contributed by atoms with E-state index in [-0.39, 0.29) is 22.1 Å². The van der Waals surface area contributed by atoms with Gasteiger partial charge in [-0.2, -0.15) is 4.98 Å². The number of nitrogens with zero attached hydrogens (tertiary/aromatic N) is 7. The highest BCUT2D eigenvalue weighted by Crippen LogP contribution is 2.27. The number of non-ortho nitro benzene ring substituents is 1. The second-order valence-corrected chi connectivity index (χ2v) is 6.92. The van der Waals surface area contributed by atoms with E-state index in [2.05, 4.69) is 20.2 Å². The molecule has 0 atom stereocenters. The molecule has 13 heteroatoms. The predicted octanol–water partition coefficient (Wildman–Crippen LogP) is 5.12. The third-order valence-corrected chi connectivity index (χ3v) is 4.49. The highest BCUT2D eigenvalue weighted by Gasteiger charge is 2.11. The first-order valence-electron chi connectivity index (χ1n) is 8.50. The SMILES string of the molecule is Clc1nc(Cl)c2cccn2n1.O=[N+]([O-])c1cccc(Oc2nc(Cl)nn3cccc23)c1. The van der Waals surface area contributed by atoms with Gasteiger partial charge in [-0.05, 0) is 53.5 Å². The minimum Gasteiger partial charge on any atom is -0.437 e. The summed E-state index contributed by atoms with van der Waals surface area (Å²) in [5, 5.41) is 19.1. The number of rotatable bonds is 3. The minimum atomic E-state index is -0.493. The molecule has 5 aromatic rings. The summed E-state index contributed by atoms with van der Waals surface area (Å²) < 4.78 is 8.66. The van der Waals surface area contributed by atoms with E-state index in [0.29, 0.717) is 16.4 Å². The average Bonchev–Trinajstić information content (AvgIpc) is 3.38. The van der Waals surface area contributed by atoms with Gasteiger partial charge in [-0.15, -0.1) is 10.2 Å². The lowest BCUT2D eigenvalue weighted by Gasteiger charge is -2.06. The first-order valence-corrected chi connectivity index (χ1v) is 9.64. The number of nitro groups is 1. The quantitative estimate of drug-likeness (QED) is 0.261. The summed E-state index contributed by atoms with van der Waals surface area (Å²) in [4.78, 5) is 18.0. The zero-order valence-corrected chi connectivity index (χ0v) is 17.5. The van der Waals surface area contributed by atoms with Gasteiger partial charge in [-0.25, -0.2) is 14.0 Å². The van der Waals surface area contributed by atoms with E-state index in [1.807, 2.05) is 12.1 Å². The number of nitro benzene ring substituents is 1. The van der Waals surface area contributed by atoms with Crippen LogP contribution in [0.5, 0.6) is 11.6 Å². The molecule has 10 nitrogen and oxygen atoms in total. The summed E-state index contributed by atoms with van der Waals surface area (Å²) >= 11 is 17.1. The Morgan fingerprint density at radius 1 is 0.871 bits per heavy atom. The zero-order valence-electron chi connectivity index (χ0n) is 15.3. The molecule has 0 spiro atoms. The highest BCUT2D eigenvalue weighted by atomic mass is 35.5. The van der Waals surface area contributed by atoms with Crippen LogP contribution < -0.4 is 4.74 Å². The van der Waals surface area contributed by atoms with Crippen LogP contribution >= 0.6 is 34.8 Å². The molecule has 0 fully saturated rings. The van der Waals surface area contributed by atoms with Gasteiger partial charge in [0, 0.05) is 18.5 Å². The molecule has 0 radical (unpaired) electrons. The summed E-state index contributed by atoms with van der Waals surface area (Å²) in [6, 6.07) is 13.0. The fraction of sp³-hybridized carbons (Fsp3) is 0. The molecule has 0 aliphatic carbocycles. The van der Waals surface area contributed by atoms with E-state index in [1.54, 1.807) is 35.1 Å². The molecule has 0 saturated heterocycles. The van der Waals surface area contributed by atoms with Gasteiger partial charge in [0.05, 0.1) is 11.0 Å². The first-order chi connectivity index (χ1) is 14.9. The molecular weight excluding hydrogens is 469 g/mol. The minimum absolute atomic E-state index is 0.0223. The molecule has 31 heavy (non-hydrogen) atoms. The molecule has 0 aliphatic heterocycles. The molecular formula is C18H10Cl3N7O3. The van der Waals surface area contributed by atoms with E-state index in [0.717, 1.165) is 5.52 Å². The van der Waals surface area contributed by atoms with E-state index >= 15 is 0 Å². The standard InChI is InChI=1S/C12H7ClN4O3.C6H3Cl2N3/c13-12-14-11(10-5-2-6-16(10)15-12)20-9-4-1-3-8(7-9)17(18)19;7-5-4-2-1-3-11(4)10-6(8)9-5/h1-7H;1-3H. The molecule has 4 aromatic heterocycles.